The van der Waals surface area contributed by atoms with E-state index in [9.17, 15) is 9.59 Å². The molecule has 0 amide bonds. The second-order valence-corrected chi connectivity index (χ2v) is 6.42. The van der Waals surface area contributed by atoms with Crippen LogP contribution in [0.15, 0.2) is 60.7 Å². The number of rotatable bonds is 6. The average Bonchev–Trinajstić information content (AvgIpc) is 3.10. The summed E-state index contributed by atoms with van der Waals surface area (Å²) in [5, 5.41) is 9.69. The van der Waals surface area contributed by atoms with Crippen LogP contribution in [0.25, 0.3) is 16.9 Å². The number of methoxy groups -OCH3 is 1. The van der Waals surface area contributed by atoms with Crippen LogP contribution < -0.4 is 0 Å². The minimum Gasteiger partial charge on any atom is -0.481 e. The van der Waals surface area contributed by atoms with Crippen LogP contribution in [0.1, 0.15) is 22.5 Å². The number of ether oxygens (including phenoxy) is 1. The van der Waals surface area contributed by atoms with E-state index in [1.807, 2.05) is 34.9 Å². The number of hydrogen-bond donors (Lipinski definition) is 1. The summed E-state index contributed by atoms with van der Waals surface area (Å²) in [6.45, 7) is 0. The maximum atomic E-state index is 11.9. The molecule has 0 saturated carbocycles. The van der Waals surface area contributed by atoms with Gasteiger partial charge in [-0.15, -0.1) is 0 Å². The van der Waals surface area contributed by atoms with Crippen molar-refractivity contribution in [2.45, 2.75) is 12.8 Å². The number of carboxylic acids is 1. The van der Waals surface area contributed by atoms with Gasteiger partial charge in [0.15, 0.2) is 0 Å². The molecule has 0 aliphatic heterocycles. The number of aliphatic carboxylic acids is 1. The molecule has 27 heavy (non-hydrogen) atoms. The summed E-state index contributed by atoms with van der Waals surface area (Å²) in [4.78, 5) is 22.9. The molecule has 6 heteroatoms. The smallest absolute Gasteiger partial charge is 0.337 e. The zero-order chi connectivity index (χ0) is 19.4. The van der Waals surface area contributed by atoms with Gasteiger partial charge in [-0.05, 0) is 54.4 Å². The van der Waals surface area contributed by atoms with E-state index in [-0.39, 0.29) is 6.42 Å². The molecule has 5 nitrogen and oxygen atoms in total. The van der Waals surface area contributed by atoms with E-state index in [1.165, 1.54) is 7.11 Å². The maximum absolute atomic E-state index is 11.9. The first-order valence-electron chi connectivity index (χ1n) is 8.36. The Kier molecular flexibility index (Phi) is 5.62. The second kappa shape index (κ2) is 8.10. The van der Waals surface area contributed by atoms with Crippen LogP contribution in [0.2, 0.25) is 5.02 Å². The van der Waals surface area contributed by atoms with Crippen LogP contribution in [0.5, 0.6) is 0 Å². The highest BCUT2D eigenvalue weighted by atomic mass is 35.5. The van der Waals surface area contributed by atoms with Crippen LogP contribution >= 0.6 is 11.6 Å². The van der Waals surface area contributed by atoms with Gasteiger partial charge >= 0.3 is 11.9 Å². The van der Waals surface area contributed by atoms with Crippen LogP contribution in [-0.2, 0) is 16.0 Å². The lowest BCUT2D eigenvalue weighted by Crippen LogP contribution is -2.07. The van der Waals surface area contributed by atoms with Crippen molar-refractivity contribution in [1.29, 1.82) is 0 Å². The summed E-state index contributed by atoms with van der Waals surface area (Å²) in [5.74, 6) is -1.29. The van der Waals surface area contributed by atoms with Gasteiger partial charge in [0.25, 0.3) is 0 Å². The molecule has 1 aromatic heterocycles. The van der Waals surface area contributed by atoms with E-state index in [1.54, 1.807) is 30.3 Å². The van der Waals surface area contributed by atoms with Crippen LogP contribution in [-0.4, -0.2) is 28.7 Å². The van der Waals surface area contributed by atoms with Crippen molar-refractivity contribution in [2.75, 3.05) is 7.11 Å². The molecule has 0 fully saturated rings. The van der Waals surface area contributed by atoms with Gasteiger partial charge in [0.05, 0.1) is 24.8 Å². The van der Waals surface area contributed by atoms with Crippen molar-refractivity contribution < 1.29 is 19.4 Å². The monoisotopic (exact) mass is 383 g/mol. The first-order valence-corrected chi connectivity index (χ1v) is 8.74. The zero-order valence-electron chi connectivity index (χ0n) is 14.7. The molecule has 0 bridgehead atoms. The molecule has 0 saturated heterocycles. The fraction of sp³-hybridized carbons (Fsp3) is 0.143. The Morgan fingerprint density at radius 3 is 2.48 bits per heavy atom. The fourth-order valence-corrected chi connectivity index (χ4v) is 3.08. The van der Waals surface area contributed by atoms with Crippen molar-refractivity contribution in [2.24, 2.45) is 0 Å². The average molecular weight is 384 g/mol. The van der Waals surface area contributed by atoms with E-state index >= 15 is 0 Å². The molecule has 3 aromatic rings. The summed E-state index contributed by atoms with van der Waals surface area (Å²) < 4.78 is 6.76. The summed E-state index contributed by atoms with van der Waals surface area (Å²) in [7, 11) is 1.34. The number of halogens is 1. The first kappa shape index (κ1) is 18.7. The molecule has 3 rings (SSSR count). The van der Waals surface area contributed by atoms with Gasteiger partial charge in [-0.1, -0.05) is 29.8 Å². The third kappa shape index (κ3) is 4.20. The van der Waals surface area contributed by atoms with Gasteiger partial charge in [-0.3, -0.25) is 4.79 Å². The van der Waals surface area contributed by atoms with E-state index in [4.69, 9.17) is 21.4 Å². The normalized spacial score (nSPS) is 10.6. The molecule has 1 N–H and O–H groups in total. The minimum absolute atomic E-state index is 0.0146. The highest BCUT2D eigenvalue weighted by Crippen LogP contribution is 2.29. The van der Waals surface area contributed by atoms with Gasteiger partial charge in [0.2, 0.25) is 0 Å². The Morgan fingerprint density at radius 1 is 1.07 bits per heavy atom. The quantitative estimate of drug-likeness (QED) is 0.631. The van der Waals surface area contributed by atoms with Crippen molar-refractivity contribution in [1.82, 2.24) is 4.57 Å². The Hall–Kier alpha value is -3.05. The molecular weight excluding hydrogens is 366 g/mol. The first-order chi connectivity index (χ1) is 13.0. The standard InChI is InChI=1S/C21H18ClNO4/c1-27-21(26)15-3-2-4-18(13-15)23-17(10-12-20(24)25)9-11-19(23)14-5-7-16(22)8-6-14/h2-9,11,13H,10,12H2,1H3,(H,24,25). The largest absolute Gasteiger partial charge is 0.481 e. The lowest BCUT2D eigenvalue weighted by molar-refractivity contribution is -0.136. The summed E-state index contributed by atoms with van der Waals surface area (Å²) >= 11 is 5.99. The number of hydrogen-bond acceptors (Lipinski definition) is 3. The van der Waals surface area contributed by atoms with Gasteiger partial charge in [-0.25, -0.2) is 4.79 Å². The number of nitrogens with zero attached hydrogens (tertiary/aromatic N) is 1. The van der Waals surface area contributed by atoms with E-state index in [2.05, 4.69) is 0 Å². The maximum Gasteiger partial charge on any atom is 0.337 e. The van der Waals surface area contributed by atoms with Crippen LogP contribution in [0.4, 0.5) is 0 Å². The number of carbonyl (C=O) groups is 2. The molecule has 0 unspecified atom stereocenters. The lowest BCUT2D eigenvalue weighted by Gasteiger charge is -2.15. The second-order valence-electron chi connectivity index (χ2n) is 5.99. The SMILES string of the molecule is COC(=O)c1cccc(-n2c(CCC(=O)O)ccc2-c2ccc(Cl)cc2)c1. The Balaban J connectivity index is 2.13. The highest BCUT2D eigenvalue weighted by molar-refractivity contribution is 6.30. The third-order valence-electron chi connectivity index (χ3n) is 4.22. The molecule has 1 heterocycles. The van der Waals surface area contributed by atoms with Crippen molar-refractivity contribution in [3.8, 4) is 16.9 Å². The molecular formula is C21H18ClNO4. The van der Waals surface area contributed by atoms with E-state index in [0.29, 0.717) is 17.0 Å². The van der Waals surface area contributed by atoms with E-state index in [0.717, 1.165) is 22.6 Å². The van der Waals surface area contributed by atoms with Crippen molar-refractivity contribution in [3.63, 3.8) is 0 Å². The Labute approximate surface area is 161 Å². The number of benzene rings is 2. The Bertz CT molecular complexity index is 976. The third-order valence-corrected chi connectivity index (χ3v) is 4.47. The van der Waals surface area contributed by atoms with E-state index < -0.39 is 11.9 Å². The highest BCUT2D eigenvalue weighted by Gasteiger charge is 2.15. The van der Waals surface area contributed by atoms with Gasteiger partial charge < -0.3 is 14.4 Å². The minimum atomic E-state index is -0.862. The number of carbonyl (C=O) groups excluding carboxylic acids is 1. The molecule has 0 aliphatic carbocycles. The van der Waals surface area contributed by atoms with Crippen molar-refractivity contribution in [3.05, 3.63) is 76.9 Å². The topological polar surface area (TPSA) is 68.5 Å². The molecule has 0 atom stereocenters. The predicted octanol–water partition coefficient (Wildman–Crippen LogP) is 4.60. The molecule has 0 aliphatic rings. The predicted molar refractivity (Wildman–Crippen MR) is 104 cm³/mol. The molecule has 0 spiro atoms. The summed E-state index contributed by atoms with van der Waals surface area (Å²) in [6.07, 6.45) is 0.381. The fourth-order valence-electron chi connectivity index (χ4n) is 2.95. The van der Waals surface area contributed by atoms with Gasteiger partial charge in [0.1, 0.15) is 0 Å². The Morgan fingerprint density at radius 2 is 1.81 bits per heavy atom. The number of esters is 1. The molecule has 2 aromatic carbocycles. The number of carboxylic acid groups (broad SMARTS) is 1. The summed E-state index contributed by atoms with van der Waals surface area (Å²) in [6, 6.07) is 18.3. The van der Waals surface area contributed by atoms with Gasteiger partial charge in [-0.2, -0.15) is 0 Å². The van der Waals surface area contributed by atoms with Crippen LogP contribution in [0.3, 0.4) is 0 Å². The molecule has 138 valence electrons. The number of aryl methyl sites for hydroxylation is 1. The summed E-state index contributed by atoms with van der Waals surface area (Å²) in [5.41, 5.74) is 3.84. The zero-order valence-corrected chi connectivity index (χ0v) is 15.4. The van der Waals surface area contributed by atoms with Crippen molar-refractivity contribution >= 4 is 23.5 Å². The van der Waals surface area contributed by atoms with Crippen LogP contribution in [0, 0.1) is 0 Å². The van der Waals surface area contributed by atoms with Gasteiger partial charge in [0, 0.05) is 16.4 Å². The molecule has 0 radical (unpaired) electrons. The number of aromatic nitrogens is 1. The lowest BCUT2D eigenvalue weighted by atomic mass is 10.1.